The van der Waals surface area contributed by atoms with Gasteiger partial charge in [-0.25, -0.2) is 4.39 Å². The van der Waals surface area contributed by atoms with Gasteiger partial charge in [-0.05, 0) is 24.3 Å². The largest absolute Gasteiger partial charge is 0.506 e. The van der Waals surface area contributed by atoms with E-state index < -0.39 is 11.4 Å². The molecule has 0 saturated heterocycles. The third-order valence-corrected chi connectivity index (χ3v) is 2.44. The van der Waals surface area contributed by atoms with E-state index in [2.05, 4.69) is 5.10 Å². The maximum Gasteiger partial charge on any atom is 0.275 e. The van der Waals surface area contributed by atoms with Gasteiger partial charge in [-0.15, -0.1) is 11.6 Å². The highest BCUT2D eigenvalue weighted by atomic mass is 35.5. The van der Waals surface area contributed by atoms with Crippen molar-refractivity contribution in [3.63, 3.8) is 0 Å². The smallest absolute Gasteiger partial charge is 0.275 e. The van der Waals surface area contributed by atoms with E-state index in [1.807, 2.05) is 0 Å². The highest BCUT2D eigenvalue weighted by Crippen LogP contribution is 2.14. The molecule has 2 rings (SSSR count). The maximum absolute atomic E-state index is 12.7. The Morgan fingerprint density at radius 3 is 2.59 bits per heavy atom. The summed E-state index contributed by atoms with van der Waals surface area (Å²) in [5.74, 6) is -0.672. The second kappa shape index (κ2) is 4.55. The fraction of sp³-hybridized carbons (Fsp3) is 0.0909. The van der Waals surface area contributed by atoms with Crippen LogP contribution < -0.4 is 5.56 Å². The summed E-state index contributed by atoms with van der Waals surface area (Å²) >= 11 is 5.57. The summed E-state index contributed by atoms with van der Waals surface area (Å²) in [5, 5.41) is 13.3. The minimum Gasteiger partial charge on any atom is -0.506 e. The maximum atomic E-state index is 12.7. The van der Waals surface area contributed by atoms with Crippen molar-refractivity contribution in [2.24, 2.45) is 0 Å². The predicted molar refractivity (Wildman–Crippen MR) is 61.0 cm³/mol. The number of hydrogen-bond acceptors (Lipinski definition) is 3. The average molecular weight is 255 g/mol. The van der Waals surface area contributed by atoms with E-state index in [1.165, 1.54) is 24.3 Å². The minimum absolute atomic E-state index is 0.0205. The second-order valence-electron chi connectivity index (χ2n) is 3.34. The molecule has 0 atom stereocenters. The Hall–Kier alpha value is -1.88. The van der Waals surface area contributed by atoms with E-state index >= 15 is 0 Å². The number of alkyl halides is 1. The van der Waals surface area contributed by atoms with E-state index in [4.69, 9.17) is 11.6 Å². The van der Waals surface area contributed by atoms with Crippen LogP contribution in [0, 0.1) is 5.82 Å². The Morgan fingerprint density at radius 2 is 2.00 bits per heavy atom. The quantitative estimate of drug-likeness (QED) is 0.832. The van der Waals surface area contributed by atoms with Gasteiger partial charge in [0, 0.05) is 6.07 Å². The van der Waals surface area contributed by atoms with Crippen LogP contribution in [0.4, 0.5) is 4.39 Å². The van der Waals surface area contributed by atoms with Crippen LogP contribution >= 0.6 is 11.6 Å². The molecule has 0 aliphatic rings. The van der Waals surface area contributed by atoms with Crippen molar-refractivity contribution in [1.29, 1.82) is 0 Å². The Morgan fingerprint density at radius 1 is 1.35 bits per heavy atom. The van der Waals surface area contributed by atoms with Crippen LogP contribution in [0.1, 0.15) is 5.69 Å². The van der Waals surface area contributed by atoms with Crippen LogP contribution in [0.15, 0.2) is 35.1 Å². The Labute approximate surface area is 101 Å². The van der Waals surface area contributed by atoms with E-state index in [-0.39, 0.29) is 17.3 Å². The van der Waals surface area contributed by atoms with Gasteiger partial charge in [-0.2, -0.15) is 9.78 Å². The van der Waals surface area contributed by atoms with Gasteiger partial charge in [0.2, 0.25) is 0 Å². The Balaban J connectivity index is 2.59. The highest BCUT2D eigenvalue weighted by Gasteiger charge is 2.08. The molecule has 0 radical (unpaired) electrons. The molecule has 1 aromatic heterocycles. The summed E-state index contributed by atoms with van der Waals surface area (Å²) in [5.41, 5.74) is 0.0846. The third kappa shape index (κ3) is 2.29. The zero-order valence-electron chi connectivity index (χ0n) is 8.60. The molecular formula is C11H8ClFN2O2. The van der Waals surface area contributed by atoms with Gasteiger partial charge in [0.15, 0.2) is 0 Å². The molecule has 0 aliphatic carbocycles. The van der Waals surface area contributed by atoms with Crippen molar-refractivity contribution in [2.45, 2.75) is 5.88 Å². The highest BCUT2D eigenvalue weighted by molar-refractivity contribution is 6.17. The van der Waals surface area contributed by atoms with Gasteiger partial charge in [0.05, 0.1) is 11.6 Å². The van der Waals surface area contributed by atoms with Crippen molar-refractivity contribution in [2.75, 3.05) is 0 Å². The third-order valence-electron chi connectivity index (χ3n) is 2.18. The zero-order valence-corrected chi connectivity index (χ0v) is 9.36. The molecule has 0 saturated carbocycles. The number of hydrogen-bond donors (Lipinski definition) is 1. The van der Waals surface area contributed by atoms with Crippen LogP contribution in [0.3, 0.4) is 0 Å². The summed E-state index contributed by atoms with van der Waals surface area (Å²) in [6.45, 7) is 0. The summed E-state index contributed by atoms with van der Waals surface area (Å²) in [4.78, 5) is 11.6. The molecule has 1 heterocycles. The summed E-state index contributed by atoms with van der Waals surface area (Å²) < 4.78 is 13.8. The van der Waals surface area contributed by atoms with Crippen LogP contribution in [0.5, 0.6) is 5.75 Å². The Bertz CT molecular complexity index is 595. The van der Waals surface area contributed by atoms with E-state index in [0.29, 0.717) is 5.69 Å². The van der Waals surface area contributed by atoms with Crippen LogP contribution in [-0.2, 0) is 5.88 Å². The van der Waals surface area contributed by atoms with Crippen molar-refractivity contribution in [3.05, 3.63) is 52.2 Å². The summed E-state index contributed by atoms with van der Waals surface area (Å²) in [6, 6.07) is 6.29. The molecule has 0 unspecified atom stereocenters. The fourth-order valence-electron chi connectivity index (χ4n) is 1.35. The molecule has 0 fully saturated rings. The lowest BCUT2D eigenvalue weighted by Crippen LogP contribution is -2.21. The first-order valence-corrected chi connectivity index (χ1v) is 5.29. The molecule has 4 nitrogen and oxygen atoms in total. The molecule has 0 bridgehead atoms. The molecule has 17 heavy (non-hydrogen) atoms. The Kier molecular flexibility index (Phi) is 3.10. The minimum atomic E-state index is -0.511. The fourth-order valence-corrected chi connectivity index (χ4v) is 1.54. The van der Waals surface area contributed by atoms with E-state index in [1.54, 1.807) is 0 Å². The molecule has 0 spiro atoms. The first kappa shape index (κ1) is 11.6. The molecule has 6 heteroatoms. The average Bonchev–Trinajstić information content (AvgIpc) is 2.31. The van der Waals surface area contributed by atoms with E-state index in [9.17, 15) is 14.3 Å². The van der Waals surface area contributed by atoms with E-state index in [0.717, 1.165) is 10.7 Å². The first-order valence-electron chi connectivity index (χ1n) is 4.76. The van der Waals surface area contributed by atoms with Crippen LogP contribution in [0.2, 0.25) is 0 Å². The lowest BCUT2D eigenvalue weighted by molar-refractivity contribution is 0.460. The van der Waals surface area contributed by atoms with Crippen molar-refractivity contribution >= 4 is 11.6 Å². The van der Waals surface area contributed by atoms with Gasteiger partial charge in [-0.1, -0.05) is 0 Å². The SMILES string of the molecule is O=c1cc(O)c(CCl)nn1-c1ccc(F)cc1. The van der Waals surface area contributed by atoms with Crippen molar-refractivity contribution in [3.8, 4) is 11.4 Å². The van der Waals surface area contributed by atoms with Gasteiger partial charge in [-0.3, -0.25) is 4.79 Å². The predicted octanol–water partition coefficient (Wildman–Crippen LogP) is 1.82. The van der Waals surface area contributed by atoms with Gasteiger partial charge >= 0.3 is 0 Å². The summed E-state index contributed by atoms with van der Waals surface area (Å²) in [7, 11) is 0. The lowest BCUT2D eigenvalue weighted by Gasteiger charge is -2.06. The number of aromatic hydroxyl groups is 1. The molecule has 0 aliphatic heterocycles. The van der Waals surface area contributed by atoms with Crippen LogP contribution in [-0.4, -0.2) is 14.9 Å². The molecule has 2 aromatic rings. The number of halogens is 2. The molecule has 0 amide bonds. The first-order chi connectivity index (χ1) is 8.11. The number of aromatic nitrogens is 2. The molecule has 88 valence electrons. The van der Waals surface area contributed by atoms with Gasteiger partial charge in [0.1, 0.15) is 17.3 Å². The number of rotatable bonds is 2. The van der Waals surface area contributed by atoms with Gasteiger partial charge < -0.3 is 5.11 Å². The molecule has 1 aromatic carbocycles. The molecule has 1 N–H and O–H groups in total. The van der Waals surface area contributed by atoms with Crippen molar-refractivity contribution < 1.29 is 9.50 Å². The monoisotopic (exact) mass is 254 g/mol. The number of nitrogens with zero attached hydrogens (tertiary/aromatic N) is 2. The number of benzene rings is 1. The molecular weight excluding hydrogens is 247 g/mol. The van der Waals surface area contributed by atoms with Gasteiger partial charge in [0.25, 0.3) is 5.56 Å². The van der Waals surface area contributed by atoms with Crippen LogP contribution in [0.25, 0.3) is 5.69 Å². The summed E-state index contributed by atoms with van der Waals surface area (Å²) in [6.07, 6.45) is 0. The zero-order chi connectivity index (χ0) is 12.4. The lowest BCUT2D eigenvalue weighted by atomic mass is 10.3. The van der Waals surface area contributed by atoms with Crippen molar-refractivity contribution in [1.82, 2.24) is 9.78 Å². The normalized spacial score (nSPS) is 10.5. The standard InChI is InChI=1S/C11H8ClFN2O2/c12-6-9-10(16)5-11(17)15(14-9)8-3-1-7(13)2-4-8/h1-5,16H,6H2. The second-order valence-corrected chi connectivity index (χ2v) is 3.60. The topological polar surface area (TPSA) is 55.1 Å².